The number of carboxylic acid groups (broad SMARTS) is 1. The summed E-state index contributed by atoms with van der Waals surface area (Å²) >= 11 is 6.31. The lowest BCUT2D eigenvalue weighted by Gasteiger charge is -2.13. The largest absolute Gasteiger partial charge is 0.481 e. The Bertz CT molecular complexity index is 1050. The number of carbonyl (C=O) groups excluding carboxylic acids is 1. The Morgan fingerprint density at radius 2 is 2.00 bits per heavy atom. The molecule has 3 rings (SSSR count). The first-order chi connectivity index (χ1) is 12.8. The van der Waals surface area contributed by atoms with Crippen LogP contribution in [-0.4, -0.2) is 32.7 Å². The van der Waals surface area contributed by atoms with Crippen LogP contribution in [0.15, 0.2) is 32.5 Å². The minimum absolute atomic E-state index is 0.0386. The molecule has 8 heteroatoms. The van der Waals surface area contributed by atoms with Crippen molar-refractivity contribution in [3.05, 3.63) is 50.2 Å². The molecule has 2 aromatic rings. The van der Waals surface area contributed by atoms with Gasteiger partial charge in [0.05, 0.1) is 15.9 Å². The van der Waals surface area contributed by atoms with Gasteiger partial charge >= 0.3 is 5.97 Å². The number of hydrogen-bond donors (Lipinski definition) is 1. The van der Waals surface area contributed by atoms with E-state index in [9.17, 15) is 14.4 Å². The van der Waals surface area contributed by atoms with Crippen molar-refractivity contribution in [3.8, 4) is 0 Å². The van der Waals surface area contributed by atoms with Gasteiger partial charge in [0.25, 0.3) is 5.91 Å². The van der Waals surface area contributed by atoms with Crippen LogP contribution in [0.4, 0.5) is 0 Å². The molecule has 6 nitrogen and oxygen atoms in total. The van der Waals surface area contributed by atoms with Crippen molar-refractivity contribution < 1.29 is 19.1 Å². The highest BCUT2D eigenvalue weighted by atomic mass is 32.2. The first kappa shape index (κ1) is 19.3. The van der Waals surface area contributed by atoms with Gasteiger partial charge in [-0.05, 0) is 49.6 Å². The standard InChI is InChI=1S/C19H17NO5S2/c1-10-6-13-14(7-11(10)2)25-9-12(17(13)23)8-15-18(24)20(19(26)27-15)5-3-4-16(21)22/h6-9H,3-5H2,1-2H3,(H,21,22)/b15-8-. The van der Waals surface area contributed by atoms with Crippen LogP contribution in [0.3, 0.4) is 0 Å². The molecule has 0 bridgehead atoms. The number of aryl methyl sites for hydroxylation is 2. The molecule has 1 N–H and O–H groups in total. The zero-order valence-electron chi connectivity index (χ0n) is 14.8. The molecule has 1 saturated heterocycles. The van der Waals surface area contributed by atoms with E-state index in [1.807, 2.05) is 19.9 Å². The summed E-state index contributed by atoms with van der Waals surface area (Å²) in [5.41, 5.74) is 2.58. The number of carbonyl (C=O) groups is 2. The van der Waals surface area contributed by atoms with Gasteiger partial charge in [-0.3, -0.25) is 19.3 Å². The van der Waals surface area contributed by atoms with E-state index >= 15 is 0 Å². The van der Waals surface area contributed by atoms with Crippen molar-refractivity contribution in [3.63, 3.8) is 0 Å². The normalized spacial score (nSPS) is 15.9. The summed E-state index contributed by atoms with van der Waals surface area (Å²) in [6.07, 6.45) is 3.10. The first-order valence-corrected chi connectivity index (χ1v) is 9.50. The van der Waals surface area contributed by atoms with Crippen LogP contribution in [0.2, 0.25) is 0 Å². The van der Waals surface area contributed by atoms with Gasteiger partial charge < -0.3 is 9.52 Å². The summed E-state index contributed by atoms with van der Waals surface area (Å²) in [4.78, 5) is 37.6. The number of aliphatic carboxylic acids is 1. The molecule has 1 aliphatic rings. The molecule has 0 atom stereocenters. The molecule has 140 valence electrons. The Morgan fingerprint density at radius 3 is 2.70 bits per heavy atom. The minimum atomic E-state index is -0.921. The van der Waals surface area contributed by atoms with Crippen LogP contribution >= 0.6 is 24.0 Å². The second kappa shape index (κ2) is 7.66. The molecule has 0 unspecified atom stereocenters. The third kappa shape index (κ3) is 3.96. The molecule has 1 aliphatic heterocycles. The molecule has 0 aliphatic carbocycles. The second-order valence-electron chi connectivity index (χ2n) is 6.28. The highest BCUT2D eigenvalue weighted by Gasteiger charge is 2.32. The quantitative estimate of drug-likeness (QED) is 0.604. The molecule has 2 heterocycles. The van der Waals surface area contributed by atoms with E-state index in [0.717, 1.165) is 22.9 Å². The van der Waals surface area contributed by atoms with Gasteiger partial charge in [0.15, 0.2) is 5.43 Å². The maximum absolute atomic E-state index is 12.8. The molecular formula is C19H17NO5S2. The van der Waals surface area contributed by atoms with Gasteiger partial charge in [-0.15, -0.1) is 0 Å². The summed E-state index contributed by atoms with van der Waals surface area (Å²) in [6.45, 7) is 4.10. The molecule has 1 aromatic heterocycles. The lowest BCUT2D eigenvalue weighted by Crippen LogP contribution is -2.29. The van der Waals surface area contributed by atoms with Crippen LogP contribution in [0, 0.1) is 13.8 Å². The van der Waals surface area contributed by atoms with Crippen LogP contribution in [-0.2, 0) is 9.59 Å². The third-order valence-corrected chi connectivity index (χ3v) is 5.73. The van der Waals surface area contributed by atoms with Crippen molar-refractivity contribution >= 4 is 57.2 Å². The zero-order chi connectivity index (χ0) is 19.7. The number of thioether (sulfide) groups is 1. The molecule has 0 spiro atoms. The Kier molecular flexibility index (Phi) is 5.48. The maximum atomic E-state index is 12.8. The van der Waals surface area contributed by atoms with Crippen LogP contribution in [0.1, 0.15) is 29.5 Å². The monoisotopic (exact) mass is 403 g/mol. The SMILES string of the molecule is Cc1cc2occ(/C=C3\SC(=S)N(CCCC(=O)O)C3=O)c(=O)c2cc1C. The average Bonchev–Trinajstić information content (AvgIpc) is 2.86. The Labute approximate surface area is 164 Å². The van der Waals surface area contributed by atoms with Gasteiger partial charge in [0.1, 0.15) is 16.2 Å². The molecule has 0 saturated carbocycles. The second-order valence-corrected chi connectivity index (χ2v) is 7.96. The van der Waals surface area contributed by atoms with Gasteiger partial charge in [0, 0.05) is 13.0 Å². The zero-order valence-corrected chi connectivity index (χ0v) is 16.4. The molecule has 0 radical (unpaired) electrons. The number of hydrogen-bond acceptors (Lipinski definition) is 6. The van der Waals surface area contributed by atoms with Crippen molar-refractivity contribution in [2.45, 2.75) is 26.7 Å². The fourth-order valence-electron chi connectivity index (χ4n) is 2.72. The fourth-order valence-corrected chi connectivity index (χ4v) is 4.02. The summed E-state index contributed by atoms with van der Waals surface area (Å²) in [7, 11) is 0. The number of benzene rings is 1. The number of carboxylic acids is 1. The summed E-state index contributed by atoms with van der Waals surface area (Å²) in [5.74, 6) is -1.25. The van der Waals surface area contributed by atoms with Crippen molar-refractivity contribution in [1.29, 1.82) is 0 Å². The molecule has 1 aromatic carbocycles. The predicted octanol–water partition coefficient (Wildman–Crippen LogP) is 3.48. The van der Waals surface area contributed by atoms with E-state index in [1.165, 1.54) is 17.2 Å². The highest BCUT2D eigenvalue weighted by molar-refractivity contribution is 8.26. The number of nitrogens with zero attached hydrogens (tertiary/aromatic N) is 1. The average molecular weight is 403 g/mol. The van der Waals surface area contributed by atoms with Crippen LogP contribution in [0.25, 0.3) is 17.0 Å². The van der Waals surface area contributed by atoms with Gasteiger partial charge in [-0.25, -0.2) is 0 Å². The smallest absolute Gasteiger partial charge is 0.303 e. The lowest BCUT2D eigenvalue weighted by molar-refractivity contribution is -0.137. The molecular weight excluding hydrogens is 386 g/mol. The Morgan fingerprint density at radius 1 is 1.30 bits per heavy atom. The number of rotatable bonds is 5. The lowest BCUT2D eigenvalue weighted by atomic mass is 10.1. The van der Waals surface area contributed by atoms with E-state index < -0.39 is 5.97 Å². The fraction of sp³-hybridized carbons (Fsp3) is 0.263. The molecule has 27 heavy (non-hydrogen) atoms. The number of fused-ring (bicyclic) bond motifs is 1. The summed E-state index contributed by atoms with van der Waals surface area (Å²) in [5, 5.41) is 9.18. The van der Waals surface area contributed by atoms with Gasteiger partial charge in [-0.2, -0.15) is 0 Å². The van der Waals surface area contributed by atoms with Gasteiger partial charge in [0.2, 0.25) is 0 Å². The van der Waals surface area contributed by atoms with E-state index in [2.05, 4.69) is 0 Å². The number of amides is 1. The van der Waals surface area contributed by atoms with E-state index in [1.54, 1.807) is 6.07 Å². The molecule has 1 fully saturated rings. The summed E-state index contributed by atoms with van der Waals surface area (Å²) < 4.78 is 5.93. The van der Waals surface area contributed by atoms with Crippen molar-refractivity contribution in [2.24, 2.45) is 0 Å². The van der Waals surface area contributed by atoms with Crippen LogP contribution < -0.4 is 5.43 Å². The van der Waals surface area contributed by atoms with Gasteiger partial charge in [-0.1, -0.05) is 24.0 Å². The van der Waals surface area contributed by atoms with E-state index in [0.29, 0.717) is 26.6 Å². The van der Waals surface area contributed by atoms with Crippen molar-refractivity contribution in [2.75, 3.05) is 6.54 Å². The van der Waals surface area contributed by atoms with Crippen LogP contribution in [0.5, 0.6) is 0 Å². The highest BCUT2D eigenvalue weighted by Crippen LogP contribution is 2.32. The topological polar surface area (TPSA) is 87.8 Å². The van der Waals surface area contributed by atoms with E-state index in [-0.39, 0.29) is 29.9 Å². The number of thiocarbonyl (C=S) groups is 1. The Hall–Kier alpha value is -2.45. The summed E-state index contributed by atoms with van der Waals surface area (Å²) in [6, 6.07) is 3.60. The minimum Gasteiger partial charge on any atom is -0.481 e. The third-order valence-electron chi connectivity index (χ3n) is 4.35. The first-order valence-electron chi connectivity index (χ1n) is 8.28. The Balaban J connectivity index is 1.90. The molecule has 1 amide bonds. The maximum Gasteiger partial charge on any atom is 0.303 e. The van der Waals surface area contributed by atoms with Crippen molar-refractivity contribution in [1.82, 2.24) is 4.90 Å². The predicted molar refractivity (Wildman–Crippen MR) is 109 cm³/mol. The van der Waals surface area contributed by atoms with E-state index in [4.69, 9.17) is 21.7 Å².